The fourth-order valence-corrected chi connectivity index (χ4v) is 3.41. The second kappa shape index (κ2) is 5.54. The number of rotatable bonds is 7. The van der Waals surface area contributed by atoms with Crippen LogP contribution in [0.1, 0.15) is 42.1 Å². The Hall–Kier alpha value is -1.40. The van der Waals surface area contributed by atoms with Gasteiger partial charge in [0.1, 0.15) is 0 Å². The van der Waals surface area contributed by atoms with Gasteiger partial charge in [-0.15, -0.1) is 0 Å². The van der Waals surface area contributed by atoms with Crippen molar-refractivity contribution in [2.45, 2.75) is 31.9 Å². The first-order chi connectivity index (χ1) is 9.36. The molecule has 0 saturated heterocycles. The molecule has 0 aromatic heterocycles. The molecule has 0 bridgehead atoms. The Labute approximate surface area is 119 Å². The minimum absolute atomic E-state index is 0.102. The van der Waals surface area contributed by atoms with Crippen molar-refractivity contribution in [3.05, 3.63) is 35.4 Å². The third-order valence-electron chi connectivity index (χ3n) is 3.90. The molecule has 1 saturated carbocycles. The van der Waals surface area contributed by atoms with Gasteiger partial charge in [-0.2, -0.15) is 0 Å². The number of carboxylic acid groups (broad SMARTS) is 1. The van der Waals surface area contributed by atoms with E-state index in [9.17, 15) is 13.2 Å². The third-order valence-corrected chi connectivity index (χ3v) is 5.20. The summed E-state index contributed by atoms with van der Waals surface area (Å²) in [6.45, 7) is 2.54. The number of hydrogen-bond acceptors (Lipinski definition) is 3. The van der Waals surface area contributed by atoms with Crippen molar-refractivity contribution in [2.75, 3.05) is 6.54 Å². The highest BCUT2D eigenvalue weighted by atomic mass is 32.2. The fourth-order valence-electron chi connectivity index (χ4n) is 2.16. The van der Waals surface area contributed by atoms with Crippen molar-refractivity contribution in [3.8, 4) is 0 Å². The Balaban J connectivity index is 2.01. The zero-order valence-corrected chi connectivity index (χ0v) is 12.2. The van der Waals surface area contributed by atoms with Crippen molar-refractivity contribution in [3.63, 3.8) is 0 Å². The zero-order valence-electron chi connectivity index (χ0n) is 11.4. The van der Waals surface area contributed by atoms with Gasteiger partial charge in [-0.25, -0.2) is 17.9 Å². The Kier molecular flexibility index (Phi) is 4.15. The van der Waals surface area contributed by atoms with Crippen molar-refractivity contribution in [1.82, 2.24) is 4.72 Å². The Morgan fingerprint density at radius 1 is 1.40 bits per heavy atom. The molecule has 1 aliphatic carbocycles. The van der Waals surface area contributed by atoms with E-state index in [2.05, 4.69) is 11.6 Å². The van der Waals surface area contributed by atoms with E-state index >= 15 is 0 Å². The lowest BCUT2D eigenvalue weighted by atomic mass is 10.1. The van der Waals surface area contributed by atoms with Gasteiger partial charge in [0.25, 0.3) is 0 Å². The number of aromatic carboxylic acids is 1. The maximum Gasteiger partial charge on any atom is 0.335 e. The molecule has 0 spiro atoms. The smallest absolute Gasteiger partial charge is 0.335 e. The molecule has 1 aromatic rings. The molecule has 0 unspecified atom stereocenters. The van der Waals surface area contributed by atoms with Crippen LogP contribution in [0.15, 0.2) is 24.3 Å². The van der Waals surface area contributed by atoms with E-state index < -0.39 is 16.0 Å². The second-order valence-corrected chi connectivity index (χ2v) is 7.25. The quantitative estimate of drug-likeness (QED) is 0.806. The molecule has 1 fully saturated rings. The standard InChI is InChI=1S/C14H19NO4S/c1-2-14(6-7-14)10-15-20(18,19)9-11-4-3-5-12(8-11)13(16)17/h3-5,8,15H,2,6-7,9-10H2,1H3,(H,16,17). The molecule has 0 aliphatic heterocycles. The van der Waals surface area contributed by atoms with Crippen molar-refractivity contribution >= 4 is 16.0 Å². The molecule has 2 rings (SSSR count). The molecule has 0 radical (unpaired) electrons. The van der Waals surface area contributed by atoms with Crippen LogP contribution in [0, 0.1) is 5.41 Å². The first-order valence-corrected chi connectivity index (χ1v) is 8.31. The molecule has 0 amide bonds. The Morgan fingerprint density at radius 2 is 2.10 bits per heavy atom. The molecule has 5 nitrogen and oxygen atoms in total. The second-order valence-electron chi connectivity index (χ2n) is 5.44. The zero-order chi connectivity index (χ0) is 14.8. The van der Waals surface area contributed by atoms with E-state index in [1.165, 1.54) is 12.1 Å². The highest BCUT2D eigenvalue weighted by Gasteiger charge is 2.41. The fraction of sp³-hybridized carbons (Fsp3) is 0.500. The van der Waals surface area contributed by atoms with Gasteiger partial charge < -0.3 is 5.11 Å². The number of sulfonamides is 1. The van der Waals surface area contributed by atoms with Gasteiger partial charge in [-0.3, -0.25) is 0 Å². The van der Waals surface area contributed by atoms with Crippen molar-refractivity contribution in [2.24, 2.45) is 5.41 Å². The average molecular weight is 297 g/mol. The van der Waals surface area contributed by atoms with Crippen LogP contribution in [-0.4, -0.2) is 26.0 Å². The maximum atomic E-state index is 12.0. The van der Waals surface area contributed by atoms with Crippen LogP contribution in [0.4, 0.5) is 0 Å². The topological polar surface area (TPSA) is 83.5 Å². The molecule has 2 N–H and O–H groups in total. The Bertz CT molecular complexity index is 605. The van der Waals surface area contributed by atoms with E-state index in [1.807, 2.05) is 0 Å². The van der Waals surface area contributed by atoms with Crippen LogP contribution in [0.25, 0.3) is 0 Å². The summed E-state index contributed by atoms with van der Waals surface area (Å²) in [6, 6.07) is 6.03. The van der Waals surface area contributed by atoms with Crippen LogP contribution < -0.4 is 4.72 Å². The van der Waals surface area contributed by atoms with Crippen molar-refractivity contribution < 1.29 is 18.3 Å². The minimum Gasteiger partial charge on any atom is -0.478 e. The summed E-state index contributed by atoms with van der Waals surface area (Å²) >= 11 is 0. The van der Waals surface area contributed by atoms with E-state index in [0.29, 0.717) is 12.1 Å². The van der Waals surface area contributed by atoms with Gasteiger partial charge in [-0.05, 0) is 42.4 Å². The highest BCUT2D eigenvalue weighted by Crippen LogP contribution is 2.47. The summed E-state index contributed by atoms with van der Waals surface area (Å²) < 4.78 is 26.7. The van der Waals surface area contributed by atoms with Gasteiger partial charge in [0, 0.05) is 6.54 Å². The summed E-state index contributed by atoms with van der Waals surface area (Å²) in [7, 11) is -3.42. The molecule has 20 heavy (non-hydrogen) atoms. The van der Waals surface area contributed by atoms with Gasteiger partial charge in [0.05, 0.1) is 11.3 Å². The lowest BCUT2D eigenvalue weighted by Gasteiger charge is -2.13. The SMILES string of the molecule is CCC1(CNS(=O)(=O)Cc2cccc(C(=O)O)c2)CC1. The van der Waals surface area contributed by atoms with Gasteiger partial charge in [0.15, 0.2) is 0 Å². The molecular weight excluding hydrogens is 278 g/mol. The summed E-state index contributed by atoms with van der Waals surface area (Å²) in [5.41, 5.74) is 0.736. The monoisotopic (exact) mass is 297 g/mol. The highest BCUT2D eigenvalue weighted by molar-refractivity contribution is 7.88. The van der Waals surface area contributed by atoms with Crippen LogP contribution in [0.5, 0.6) is 0 Å². The number of hydrogen-bond donors (Lipinski definition) is 2. The van der Waals surface area contributed by atoms with E-state index in [0.717, 1.165) is 19.3 Å². The first-order valence-electron chi connectivity index (χ1n) is 6.65. The number of nitrogens with one attached hydrogen (secondary N) is 1. The van der Waals surface area contributed by atoms with E-state index in [1.54, 1.807) is 12.1 Å². The molecule has 110 valence electrons. The van der Waals surface area contributed by atoms with Crippen LogP contribution >= 0.6 is 0 Å². The van der Waals surface area contributed by atoms with Gasteiger partial charge in [0.2, 0.25) is 10.0 Å². The Morgan fingerprint density at radius 3 is 2.65 bits per heavy atom. The predicted molar refractivity (Wildman–Crippen MR) is 76.0 cm³/mol. The molecule has 0 heterocycles. The summed E-state index contributed by atoms with van der Waals surface area (Å²) in [5, 5.41) is 8.89. The number of carboxylic acids is 1. The third kappa shape index (κ3) is 3.80. The minimum atomic E-state index is -3.42. The maximum absolute atomic E-state index is 12.0. The molecular formula is C14H19NO4S. The largest absolute Gasteiger partial charge is 0.478 e. The molecule has 1 aliphatic rings. The van der Waals surface area contributed by atoms with E-state index in [4.69, 9.17) is 5.11 Å². The number of carbonyl (C=O) groups is 1. The normalized spacial score (nSPS) is 16.9. The summed E-state index contributed by atoms with van der Waals surface area (Å²) in [6.07, 6.45) is 3.12. The molecule has 1 aromatic carbocycles. The van der Waals surface area contributed by atoms with Crippen LogP contribution in [0.2, 0.25) is 0 Å². The lowest BCUT2D eigenvalue weighted by Crippen LogP contribution is -2.31. The summed E-state index contributed by atoms with van der Waals surface area (Å²) in [5.74, 6) is -1.24. The molecule has 0 atom stereocenters. The van der Waals surface area contributed by atoms with Gasteiger partial charge >= 0.3 is 5.97 Å². The summed E-state index contributed by atoms with van der Waals surface area (Å²) in [4.78, 5) is 10.9. The molecule has 6 heteroatoms. The lowest BCUT2D eigenvalue weighted by molar-refractivity contribution is 0.0696. The average Bonchev–Trinajstić information content (AvgIpc) is 3.17. The van der Waals surface area contributed by atoms with Crippen LogP contribution in [-0.2, 0) is 15.8 Å². The number of benzene rings is 1. The van der Waals surface area contributed by atoms with Gasteiger partial charge in [-0.1, -0.05) is 19.1 Å². The van der Waals surface area contributed by atoms with Crippen molar-refractivity contribution in [1.29, 1.82) is 0 Å². The van der Waals surface area contributed by atoms with Crippen LogP contribution in [0.3, 0.4) is 0 Å². The first kappa shape index (κ1) is 15.0. The predicted octanol–water partition coefficient (Wildman–Crippen LogP) is 1.99. The van der Waals surface area contributed by atoms with E-state index in [-0.39, 0.29) is 16.7 Å².